The molecule has 11 nitrogen and oxygen atoms in total. The molecule has 0 amide bonds. The van der Waals surface area contributed by atoms with Crippen molar-refractivity contribution in [1.29, 1.82) is 0 Å². The Hall–Kier alpha value is -0.517. The Morgan fingerprint density at radius 1 is 0.551 bits per heavy atom. The number of nitrogens with one attached hydrogen (secondary N) is 1. The molecule has 0 aromatic carbocycles. The summed E-state index contributed by atoms with van der Waals surface area (Å²) in [7, 11) is 104. The van der Waals surface area contributed by atoms with E-state index >= 15 is 0 Å². The van der Waals surface area contributed by atoms with E-state index in [0.29, 0.717) is 39.1 Å². The van der Waals surface area contributed by atoms with Crippen molar-refractivity contribution in [3.63, 3.8) is 0 Å². The third-order valence-electron chi connectivity index (χ3n) is 19.1. The van der Waals surface area contributed by atoms with Crippen molar-refractivity contribution in [3.8, 4) is 0 Å². The second-order valence-corrected chi connectivity index (χ2v) is 32.1. The van der Waals surface area contributed by atoms with Gasteiger partial charge in [0.05, 0.1) is 61.4 Å². The fraction of sp³-hybridized carbons (Fsp3) is 0.529. The molecule has 9 heterocycles. The van der Waals surface area contributed by atoms with Crippen LogP contribution in [0.2, 0.25) is 0 Å². The molecule has 4 aromatic rings. The van der Waals surface area contributed by atoms with Gasteiger partial charge < -0.3 is 23.9 Å². The Morgan fingerprint density at radius 3 is 1.22 bits per heavy atom. The van der Waals surface area contributed by atoms with Gasteiger partial charge in [-0.3, -0.25) is 19.8 Å². The Labute approximate surface area is 699 Å². The van der Waals surface area contributed by atoms with Crippen LogP contribution in [0.3, 0.4) is 0 Å². The molecule has 1 unspecified atom stereocenters. The molecule has 4 aromatic heterocycles. The molecule has 5 aliphatic rings. The predicted octanol–water partition coefficient (Wildman–Crippen LogP) is -0.649. The molecule has 0 bridgehead atoms. The molecule has 107 heavy (non-hydrogen) atoms. The normalized spacial score (nSPS) is 17.8. The topological polar surface area (TPSA) is 107 Å². The molecule has 0 aliphatic carbocycles. The molecular formula is C51H66B35Br4F6N7O4+. The molecule has 0 spiro atoms. The van der Waals surface area contributed by atoms with Crippen LogP contribution in [0.15, 0.2) is 104 Å². The molecule has 5 fully saturated rings. The SMILES string of the molecule is Brc1ccc(Br)nc1.C=CB1OC(C)(C)C(C)(C)O1.CC1OB(c2ccc(CCN3CCC(F)(F)C3)nc2)OC1(C)C.FC1(F)CCN(CCc2ccc(Br)cn2)C1.FC1(F)CCNC1.[B][B]B(B([B])[B])B(B([B])[B])B(B(B([B])[B])B([B])[B])B(B(B([B])[B])B([B])[B])B(B([B])[B])B([B])[B].[CH+]=Cc1ccc(Br)cn1. The first-order chi connectivity index (χ1) is 49.5. The second-order valence-electron chi connectivity index (χ2n) is 28.5. The molecular weight excluding hydrogens is 1590 g/mol. The van der Waals surface area contributed by atoms with E-state index in [1.54, 1.807) is 40.6 Å². The highest BCUT2D eigenvalue weighted by Crippen LogP contribution is 2.37. The summed E-state index contributed by atoms with van der Waals surface area (Å²) in [5.74, 6) is -5.76. The first-order valence-corrected chi connectivity index (χ1v) is 37.9. The first-order valence-electron chi connectivity index (χ1n) is 34.8. The van der Waals surface area contributed by atoms with Crippen molar-refractivity contribution < 1.29 is 45.0 Å². The van der Waals surface area contributed by atoms with E-state index < -0.39 is 114 Å². The van der Waals surface area contributed by atoms with Gasteiger partial charge in [-0.15, -0.1) is 6.58 Å². The zero-order valence-corrected chi connectivity index (χ0v) is 68.3. The van der Waals surface area contributed by atoms with Gasteiger partial charge in [0.25, 0.3) is 17.8 Å². The number of alkyl halides is 6. The first kappa shape index (κ1) is 101. The number of hydrogen-bond acceptors (Lipinski definition) is 11. The molecule has 1 N–H and O–H groups in total. The number of hydrogen-bond donors (Lipinski definition) is 1. The van der Waals surface area contributed by atoms with Crippen LogP contribution >= 0.6 is 63.7 Å². The molecule has 0 saturated carbocycles. The maximum Gasteiger partial charge on any atom is 0.496 e. The van der Waals surface area contributed by atoms with Gasteiger partial charge in [0, 0.05) is 348 Å². The van der Waals surface area contributed by atoms with Crippen LogP contribution in [0.4, 0.5) is 26.3 Å². The fourth-order valence-electron chi connectivity index (χ4n) is 12.3. The number of rotatable bonds is 24. The van der Waals surface area contributed by atoms with E-state index in [1.807, 2.05) is 97.0 Å². The summed E-state index contributed by atoms with van der Waals surface area (Å²) in [6, 6.07) is 15.2. The number of pyridine rings is 4. The third kappa shape index (κ3) is 34.7. The maximum absolute atomic E-state index is 13.2. The standard InChI is InChI=1S/C16H23BF2N2O2.C11H13BrF2N2.C8H15BO2.C7H5BrN.C5H3Br2N.C4H7F2N.B33/c1-12-15(2,3)23-17(22-12)13-4-5-14(20-10-13)6-8-21-9-7-16(18,19)11-21;12-9-1-2-10(15-7-9)3-5-16-6-4-11(13,14)8-16;1-6-9-10-7(2,3)8(4,5)11-9;1-2-7-4-3-6(8)5-9-7;6-4-1-2-5(7)8-3-4;5-4(6)1-2-7-3-4;1-18-27(19(2)3)31(26(16)17)33(30(24(12)13)25(14)15)32(28(20(4)5)21(6)7)29(22(8)9)23(10)11/h4-5,10,12H,6-9,11H2,1-3H3;1-2,7H,3-6,8H2;6H,1H2,2-5H3;1-5H;1-3H;7H,1-3H2;/q;;;+1;;;. The molecule has 9 rings (SSSR count). The van der Waals surface area contributed by atoms with Crippen molar-refractivity contribution in [1.82, 2.24) is 35.1 Å². The van der Waals surface area contributed by atoms with E-state index in [2.05, 4.69) is 95.6 Å². The van der Waals surface area contributed by atoms with Crippen LogP contribution in [0, 0.1) is 6.58 Å². The van der Waals surface area contributed by atoms with Crippen LogP contribution in [0.5, 0.6) is 0 Å². The average molecular weight is 1650 g/mol. The number of likely N-dealkylation sites (tertiary alicyclic amines) is 2. The zero-order chi connectivity index (χ0) is 81.3. The Kier molecular flexibility index (Phi) is 44.2. The molecule has 56 heteroatoms. The molecule has 5 aliphatic heterocycles. The van der Waals surface area contributed by atoms with Crippen LogP contribution < -0.4 is 10.8 Å². The summed E-state index contributed by atoms with van der Waals surface area (Å²) >= 11 is 13.0. The van der Waals surface area contributed by atoms with Gasteiger partial charge >= 0.3 is 14.2 Å². The summed E-state index contributed by atoms with van der Waals surface area (Å²) in [6.07, 6.45) is -5.03. The van der Waals surface area contributed by atoms with Crippen LogP contribution in [-0.2, 0) is 31.5 Å². The minimum absolute atomic E-state index is 0.00694. The molecule has 35 radical (unpaired) electrons. The molecule has 503 valence electrons. The zero-order valence-electron chi connectivity index (χ0n) is 61.9. The van der Waals surface area contributed by atoms with Crippen molar-refractivity contribution in [3.05, 3.63) is 128 Å². The Bertz CT molecular complexity index is 3140. The second kappa shape index (κ2) is 47.0. The summed E-state index contributed by atoms with van der Waals surface area (Å²) in [5, 5.41) is 2.56. The number of halogens is 10. The van der Waals surface area contributed by atoms with Gasteiger partial charge in [-0.05, 0) is 149 Å². The van der Waals surface area contributed by atoms with Gasteiger partial charge in [-0.25, -0.2) is 31.3 Å². The smallest absolute Gasteiger partial charge is 0.402 e. The average Bonchev–Trinajstić information content (AvgIpc) is 1.57. The van der Waals surface area contributed by atoms with E-state index in [9.17, 15) is 26.3 Å². The lowest BCUT2D eigenvalue weighted by atomic mass is 8.30. The molecule has 5 saturated heterocycles. The van der Waals surface area contributed by atoms with Gasteiger partial charge in [0.15, 0.2) is 6.08 Å². The van der Waals surface area contributed by atoms with Crippen molar-refractivity contribution in [2.24, 2.45) is 0 Å². The highest BCUT2D eigenvalue weighted by atomic mass is 79.9. The predicted molar refractivity (Wildman–Crippen MR) is 486 cm³/mol. The van der Waals surface area contributed by atoms with Crippen molar-refractivity contribution in [2.45, 2.75) is 121 Å². The lowest BCUT2D eigenvalue weighted by Gasteiger charge is -2.51. The van der Waals surface area contributed by atoms with Gasteiger partial charge in [-0.2, -0.15) is 4.98 Å². The Balaban J connectivity index is 0.000000347. The highest BCUT2D eigenvalue weighted by molar-refractivity contribution is 9.11. The van der Waals surface area contributed by atoms with Gasteiger partial charge in [0.2, 0.25) is 5.69 Å². The number of nitrogens with zero attached hydrogens (tertiary/aromatic N) is 6. The minimum Gasteiger partial charge on any atom is -0.402 e. The largest absolute Gasteiger partial charge is 0.496 e. The summed E-state index contributed by atoms with van der Waals surface area (Å²) in [4.78, 5) is 20.1. The highest BCUT2D eigenvalue weighted by Gasteiger charge is 2.55. The number of aromatic nitrogens is 4. The van der Waals surface area contributed by atoms with E-state index in [-0.39, 0.29) is 76.0 Å². The minimum atomic E-state index is -2.53. The van der Waals surface area contributed by atoms with Crippen molar-refractivity contribution in [2.75, 3.05) is 52.4 Å². The lowest BCUT2D eigenvalue weighted by molar-refractivity contribution is 0.00578. The monoisotopic (exact) mass is 1660 g/mol. The van der Waals surface area contributed by atoms with E-state index in [1.165, 1.54) is 13.1 Å². The quantitative estimate of drug-likeness (QED) is 0.0420. The van der Waals surface area contributed by atoms with E-state index in [4.69, 9.17) is 157 Å². The van der Waals surface area contributed by atoms with E-state index in [0.717, 1.165) is 47.0 Å². The lowest BCUT2D eigenvalue weighted by Crippen LogP contribution is -2.89. The summed E-state index contributed by atoms with van der Waals surface area (Å²) in [5.41, 5.74) is 2.74. The van der Waals surface area contributed by atoms with Crippen molar-refractivity contribution >= 4 is 324 Å². The van der Waals surface area contributed by atoms with Gasteiger partial charge in [-0.1, -0.05) is 12.0 Å². The maximum atomic E-state index is 13.2. The molecule has 1 atom stereocenters. The fourth-order valence-corrected chi connectivity index (χ4v) is 13.2. The summed E-state index contributed by atoms with van der Waals surface area (Å²) < 4.78 is 103. The third-order valence-corrected chi connectivity index (χ3v) is 20.9. The summed E-state index contributed by atoms with van der Waals surface area (Å²) in [6.45, 7) is 25.2. The Morgan fingerprint density at radius 2 is 0.963 bits per heavy atom. The van der Waals surface area contributed by atoms with Gasteiger partial charge in [0.1, 0.15) is 4.60 Å². The van der Waals surface area contributed by atoms with Crippen LogP contribution in [0.1, 0.15) is 84.8 Å². The van der Waals surface area contributed by atoms with Crippen LogP contribution in [0.25, 0.3) is 6.08 Å². The van der Waals surface area contributed by atoms with Crippen LogP contribution in [-0.4, -0.2) is 371 Å².